The predicted molar refractivity (Wildman–Crippen MR) is 58.1 cm³/mol. The summed E-state index contributed by atoms with van der Waals surface area (Å²) in [5.41, 5.74) is 3.18. The van der Waals surface area contributed by atoms with E-state index in [0.29, 0.717) is 0 Å². The van der Waals surface area contributed by atoms with Crippen LogP contribution >= 0.6 is 0 Å². The lowest BCUT2D eigenvalue weighted by Crippen LogP contribution is -2.12. The lowest BCUT2D eigenvalue weighted by molar-refractivity contribution is 0.515. The first-order valence-corrected chi connectivity index (χ1v) is 5.04. The van der Waals surface area contributed by atoms with Gasteiger partial charge in [0.25, 0.3) is 0 Å². The van der Waals surface area contributed by atoms with Crippen LogP contribution in [0.5, 0.6) is 0 Å². The van der Waals surface area contributed by atoms with Crippen molar-refractivity contribution < 1.29 is 0 Å². The summed E-state index contributed by atoms with van der Waals surface area (Å²) in [7, 11) is 2.25. The van der Waals surface area contributed by atoms with Gasteiger partial charge in [-0.15, -0.1) is 0 Å². The summed E-state index contributed by atoms with van der Waals surface area (Å²) in [6.45, 7) is 6.92. The van der Waals surface area contributed by atoms with Gasteiger partial charge in [-0.3, -0.25) is 0 Å². The largest absolute Gasteiger partial charge is 0.101 e. The molecular formula is C11H19B. The molecule has 66 valence electrons. The van der Waals surface area contributed by atoms with E-state index < -0.39 is 0 Å². The molecule has 2 atom stereocenters. The van der Waals surface area contributed by atoms with E-state index in [-0.39, 0.29) is 0 Å². The second-order valence-electron chi connectivity index (χ2n) is 3.97. The van der Waals surface area contributed by atoms with Crippen molar-refractivity contribution in [2.24, 2.45) is 11.8 Å². The van der Waals surface area contributed by atoms with E-state index in [1.807, 2.05) is 0 Å². The fourth-order valence-corrected chi connectivity index (χ4v) is 1.80. The minimum atomic E-state index is 0.727. The van der Waals surface area contributed by atoms with Crippen LogP contribution in [0.15, 0.2) is 23.3 Å². The molecule has 0 N–H and O–H groups in total. The molecule has 1 aliphatic carbocycles. The van der Waals surface area contributed by atoms with Gasteiger partial charge in [-0.25, -0.2) is 0 Å². The van der Waals surface area contributed by atoms with Gasteiger partial charge in [-0.1, -0.05) is 37.9 Å². The van der Waals surface area contributed by atoms with Crippen LogP contribution < -0.4 is 0 Å². The Labute approximate surface area is 77.2 Å². The molecule has 0 aromatic carbocycles. The fourth-order valence-electron chi connectivity index (χ4n) is 1.80. The SMILES string of the molecule is BCCC1=C(C)C(C)C(C)C=C1. The average molecular weight is 162 g/mol. The standard InChI is InChI=1S/C11H19B/c1-8-4-5-11(6-7-12)10(3)9(8)2/h4-5,8-9H,6-7,12H2,1-3H3. The third kappa shape index (κ3) is 1.82. The van der Waals surface area contributed by atoms with Gasteiger partial charge in [0.05, 0.1) is 0 Å². The second-order valence-corrected chi connectivity index (χ2v) is 3.97. The van der Waals surface area contributed by atoms with Crippen LogP contribution in [0.4, 0.5) is 0 Å². The molecule has 0 nitrogen and oxygen atoms in total. The van der Waals surface area contributed by atoms with Crippen LogP contribution in [-0.2, 0) is 0 Å². The summed E-state index contributed by atoms with van der Waals surface area (Å²) in [6, 6.07) is 0. The highest BCUT2D eigenvalue weighted by molar-refractivity contribution is 6.08. The maximum absolute atomic E-state index is 2.35. The Hall–Kier alpha value is -0.455. The molecule has 0 saturated carbocycles. The monoisotopic (exact) mass is 162 g/mol. The van der Waals surface area contributed by atoms with Crippen molar-refractivity contribution in [2.75, 3.05) is 0 Å². The number of hydrogen-bond acceptors (Lipinski definition) is 0. The van der Waals surface area contributed by atoms with E-state index in [0.717, 1.165) is 11.8 Å². The molecule has 0 aliphatic heterocycles. The van der Waals surface area contributed by atoms with Crippen molar-refractivity contribution in [3.63, 3.8) is 0 Å². The summed E-state index contributed by atoms with van der Waals surface area (Å²) in [6.07, 6.45) is 7.18. The first kappa shape index (κ1) is 9.63. The molecule has 0 amide bonds. The van der Waals surface area contributed by atoms with Crippen LogP contribution in [0.3, 0.4) is 0 Å². The molecule has 1 rings (SSSR count). The van der Waals surface area contributed by atoms with Gasteiger partial charge in [0.2, 0.25) is 0 Å². The molecule has 0 fully saturated rings. The van der Waals surface area contributed by atoms with E-state index in [4.69, 9.17) is 0 Å². The average Bonchev–Trinajstić information content (AvgIpc) is 2.07. The Morgan fingerprint density at radius 2 is 2.08 bits per heavy atom. The predicted octanol–water partition coefficient (Wildman–Crippen LogP) is 2.59. The Kier molecular flexibility index (Phi) is 3.19. The molecule has 12 heavy (non-hydrogen) atoms. The Balaban J connectivity index is 2.79. The summed E-state index contributed by atoms with van der Waals surface area (Å²) in [4.78, 5) is 0. The van der Waals surface area contributed by atoms with Crippen LogP contribution in [0.25, 0.3) is 0 Å². The van der Waals surface area contributed by atoms with Gasteiger partial charge < -0.3 is 0 Å². The maximum Gasteiger partial charge on any atom is 0.101 e. The van der Waals surface area contributed by atoms with Crippen LogP contribution in [0, 0.1) is 11.8 Å². The lowest BCUT2D eigenvalue weighted by Gasteiger charge is -2.24. The molecule has 0 heterocycles. The van der Waals surface area contributed by atoms with Gasteiger partial charge in [0.1, 0.15) is 7.85 Å². The van der Waals surface area contributed by atoms with Crippen molar-refractivity contribution in [1.29, 1.82) is 0 Å². The van der Waals surface area contributed by atoms with E-state index in [9.17, 15) is 0 Å². The van der Waals surface area contributed by atoms with E-state index >= 15 is 0 Å². The van der Waals surface area contributed by atoms with Crippen molar-refractivity contribution in [1.82, 2.24) is 0 Å². The van der Waals surface area contributed by atoms with Crippen molar-refractivity contribution >= 4 is 7.85 Å². The summed E-state index contributed by atoms with van der Waals surface area (Å²) in [5.74, 6) is 1.47. The molecule has 0 aromatic heterocycles. The molecule has 0 bridgehead atoms. The summed E-state index contributed by atoms with van der Waals surface area (Å²) < 4.78 is 0. The van der Waals surface area contributed by atoms with Gasteiger partial charge in [0.15, 0.2) is 0 Å². The first-order valence-electron chi connectivity index (χ1n) is 5.04. The molecule has 1 heteroatoms. The second kappa shape index (κ2) is 3.98. The van der Waals surface area contributed by atoms with Crippen LogP contribution in [0.2, 0.25) is 6.32 Å². The fraction of sp³-hybridized carbons (Fsp3) is 0.636. The van der Waals surface area contributed by atoms with Gasteiger partial charge in [-0.05, 0) is 30.8 Å². The Morgan fingerprint density at radius 1 is 1.42 bits per heavy atom. The van der Waals surface area contributed by atoms with Crippen molar-refractivity contribution in [3.8, 4) is 0 Å². The summed E-state index contributed by atoms with van der Waals surface area (Å²) >= 11 is 0. The maximum atomic E-state index is 2.35. The third-order valence-electron chi connectivity index (χ3n) is 3.10. The number of rotatable bonds is 2. The van der Waals surface area contributed by atoms with E-state index in [2.05, 4.69) is 40.8 Å². The molecular weight excluding hydrogens is 143 g/mol. The van der Waals surface area contributed by atoms with Crippen molar-refractivity contribution in [2.45, 2.75) is 33.5 Å². The highest BCUT2D eigenvalue weighted by Gasteiger charge is 2.17. The zero-order valence-electron chi connectivity index (χ0n) is 8.72. The highest BCUT2D eigenvalue weighted by Crippen LogP contribution is 2.30. The molecule has 0 spiro atoms. The quantitative estimate of drug-likeness (QED) is 0.547. The normalized spacial score (nSPS) is 29.6. The first-order chi connectivity index (χ1) is 5.66. The minimum absolute atomic E-state index is 0.727. The van der Waals surface area contributed by atoms with E-state index in [1.54, 1.807) is 11.1 Å². The van der Waals surface area contributed by atoms with Gasteiger partial charge >= 0.3 is 0 Å². The van der Waals surface area contributed by atoms with Gasteiger partial charge in [-0.2, -0.15) is 0 Å². The van der Waals surface area contributed by atoms with Crippen molar-refractivity contribution in [3.05, 3.63) is 23.3 Å². The number of hydrogen-bond donors (Lipinski definition) is 0. The Bertz CT molecular complexity index is 213. The molecule has 1 aliphatic rings. The van der Waals surface area contributed by atoms with Crippen LogP contribution in [-0.4, -0.2) is 7.85 Å². The third-order valence-corrected chi connectivity index (χ3v) is 3.10. The topological polar surface area (TPSA) is 0 Å². The lowest BCUT2D eigenvalue weighted by atomic mass is 9.80. The Morgan fingerprint density at radius 3 is 2.67 bits per heavy atom. The number of allylic oxidation sites excluding steroid dienone is 4. The van der Waals surface area contributed by atoms with Crippen LogP contribution in [0.1, 0.15) is 27.2 Å². The molecule has 0 aromatic rings. The smallest absolute Gasteiger partial charge is 0.0808 e. The van der Waals surface area contributed by atoms with Gasteiger partial charge in [0, 0.05) is 0 Å². The zero-order valence-corrected chi connectivity index (χ0v) is 8.72. The zero-order chi connectivity index (χ0) is 9.14. The minimum Gasteiger partial charge on any atom is -0.0808 e. The van der Waals surface area contributed by atoms with E-state index in [1.165, 1.54) is 12.7 Å². The molecule has 0 radical (unpaired) electrons. The summed E-state index contributed by atoms with van der Waals surface area (Å²) in [5, 5.41) is 0. The molecule has 0 saturated heterocycles. The molecule has 2 unspecified atom stereocenters. The highest BCUT2D eigenvalue weighted by atomic mass is 14.2.